The predicted molar refractivity (Wildman–Crippen MR) is 64.3 cm³/mol. The quantitative estimate of drug-likeness (QED) is 0.538. The first-order valence-electron chi connectivity index (χ1n) is 6.78. The molecule has 3 nitrogen and oxygen atoms in total. The van der Waals surface area contributed by atoms with Gasteiger partial charge in [0.05, 0.1) is 19.8 Å². The molecule has 1 aliphatic heterocycles. The maximum Gasteiger partial charge on any atom is 0.271 e. The minimum Gasteiger partial charge on any atom is -0.330 e. The van der Waals surface area contributed by atoms with Gasteiger partial charge in [0.2, 0.25) is 0 Å². The molecule has 0 spiro atoms. The number of ether oxygens (including phenoxy) is 3. The Kier molecular flexibility index (Phi) is 8.77. The zero-order valence-corrected chi connectivity index (χ0v) is 10.6. The lowest BCUT2D eigenvalue weighted by atomic mass is 10.1. The second kappa shape index (κ2) is 10.1. The summed E-state index contributed by atoms with van der Waals surface area (Å²) >= 11 is 0. The summed E-state index contributed by atoms with van der Waals surface area (Å²) in [7, 11) is 0. The molecule has 0 radical (unpaired) electrons. The number of rotatable bonds is 10. The second-order valence-electron chi connectivity index (χ2n) is 4.38. The van der Waals surface area contributed by atoms with E-state index in [9.17, 15) is 0 Å². The second-order valence-corrected chi connectivity index (χ2v) is 4.38. The fourth-order valence-electron chi connectivity index (χ4n) is 1.85. The van der Waals surface area contributed by atoms with Crippen LogP contribution in [0.25, 0.3) is 0 Å². The van der Waals surface area contributed by atoms with Gasteiger partial charge in [0.15, 0.2) is 0 Å². The highest BCUT2D eigenvalue weighted by molar-refractivity contribution is 4.46. The number of hydrogen-bond donors (Lipinski definition) is 0. The molecule has 1 heterocycles. The lowest BCUT2D eigenvalue weighted by Gasteiger charge is -2.09. The van der Waals surface area contributed by atoms with E-state index in [4.69, 9.17) is 14.2 Å². The average Bonchev–Trinajstić information content (AvgIpc) is 2.80. The van der Waals surface area contributed by atoms with Crippen molar-refractivity contribution in [3.8, 4) is 0 Å². The average molecular weight is 230 g/mol. The molecule has 0 atom stereocenters. The van der Waals surface area contributed by atoms with Crippen LogP contribution in [0.4, 0.5) is 0 Å². The van der Waals surface area contributed by atoms with Crippen LogP contribution >= 0.6 is 0 Å². The topological polar surface area (TPSA) is 27.7 Å². The van der Waals surface area contributed by atoms with Crippen molar-refractivity contribution in [2.75, 3.05) is 19.8 Å². The van der Waals surface area contributed by atoms with E-state index in [0.717, 1.165) is 13.0 Å². The van der Waals surface area contributed by atoms with Crippen LogP contribution in [0.2, 0.25) is 0 Å². The standard InChI is InChI=1S/C13H26O3/c1-2-3-4-5-6-7-8-9-10-14-13-15-11-12-16-13/h13H,2-12H2,1H3. The zero-order chi connectivity index (χ0) is 11.5. The molecule has 0 saturated carbocycles. The van der Waals surface area contributed by atoms with E-state index in [2.05, 4.69) is 6.92 Å². The maximum atomic E-state index is 5.40. The van der Waals surface area contributed by atoms with Gasteiger partial charge in [-0.3, -0.25) is 0 Å². The van der Waals surface area contributed by atoms with Gasteiger partial charge in [-0.25, -0.2) is 0 Å². The summed E-state index contributed by atoms with van der Waals surface area (Å²) in [5.41, 5.74) is 0. The predicted octanol–water partition coefficient (Wildman–Crippen LogP) is 3.47. The van der Waals surface area contributed by atoms with Crippen molar-refractivity contribution in [2.24, 2.45) is 0 Å². The van der Waals surface area contributed by atoms with Gasteiger partial charge in [0, 0.05) is 0 Å². The third-order valence-corrected chi connectivity index (χ3v) is 2.84. The van der Waals surface area contributed by atoms with Crippen molar-refractivity contribution < 1.29 is 14.2 Å². The summed E-state index contributed by atoms with van der Waals surface area (Å²) in [6.45, 7) is 3.97. The monoisotopic (exact) mass is 230 g/mol. The van der Waals surface area contributed by atoms with E-state index in [1.54, 1.807) is 0 Å². The first-order chi connectivity index (χ1) is 7.93. The molecule has 0 unspecified atom stereocenters. The van der Waals surface area contributed by atoms with Crippen molar-refractivity contribution in [1.82, 2.24) is 0 Å². The molecular formula is C13H26O3. The Balaban J connectivity index is 1.71. The molecule has 1 aliphatic rings. The first-order valence-corrected chi connectivity index (χ1v) is 6.78. The van der Waals surface area contributed by atoms with E-state index in [1.165, 1.54) is 44.9 Å². The summed E-state index contributed by atoms with van der Waals surface area (Å²) < 4.78 is 15.8. The maximum absolute atomic E-state index is 5.40. The van der Waals surface area contributed by atoms with Gasteiger partial charge in [0.1, 0.15) is 0 Å². The number of unbranched alkanes of at least 4 members (excludes halogenated alkanes) is 7. The largest absolute Gasteiger partial charge is 0.330 e. The van der Waals surface area contributed by atoms with E-state index >= 15 is 0 Å². The Bertz CT molecular complexity index is 144. The van der Waals surface area contributed by atoms with Gasteiger partial charge in [-0.2, -0.15) is 0 Å². The molecule has 16 heavy (non-hydrogen) atoms. The number of hydrogen-bond acceptors (Lipinski definition) is 3. The normalized spacial score (nSPS) is 17.1. The Morgan fingerprint density at radius 1 is 0.875 bits per heavy atom. The summed E-state index contributed by atoms with van der Waals surface area (Å²) in [5, 5.41) is 0. The SMILES string of the molecule is CCCCCCCCCCOC1OCCO1. The van der Waals surface area contributed by atoms with E-state index in [-0.39, 0.29) is 6.48 Å². The van der Waals surface area contributed by atoms with Crippen LogP contribution in [-0.2, 0) is 14.2 Å². The van der Waals surface area contributed by atoms with Crippen molar-refractivity contribution in [3.63, 3.8) is 0 Å². The molecule has 96 valence electrons. The molecular weight excluding hydrogens is 204 g/mol. The van der Waals surface area contributed by atoms with Gasteiger partial charge in [-0.15, -0.1) is 0 Å². The Morgan fingerprint density at radius 3 is 2.06 bits per heavy atom. The molecule has 1 rings (SSSR count). The van der Waals surface area contributed by atoms with E-state index in [1.807, 2.05) is 0 Å². The Morgan fingerprint density at radius 2 is 1.44 bits per heavy atom. The van der Waals surface area contributed by atoms with E-state index in [0.29, 0.717) is 13.2 Å². The van der Waals surface area contributed by atoms with Crippen molar-refractivity contribution in [1.29, 1.82) is 0 Å². The Hall–Kier alpha value is -0.120. The summed E-state index contributed by atoms with van der Waals surface area (Å²) in [6, 6.07) is 0. The summed E-state index contributed by atoms with van der Waals surface area (Å²) in [6.07, 6.45) is 10.6. The van der Waals surface area contributed by atoms with Crippen LogP contribution in [0.5, 0.6) is 0 Å². The summed E-state index contributed by atoms with van der Waals surface area (Å²) in [4.78, 5) is 0. The van der Waals surface area contributed by atoms with Crippen LogP contribution in [-0.4, -0.2) is 26.3 Å². The van der Waals surface area contributed by atoms with Gasteiger partial charge in [0.25, 0.3) is 6.48 Å². The van der Waals surface area contributed by atoms with Crippen LogP contribution < -0.4 is 0 Å². The molecule has 1 fully saturated rings. The van der Waals surface area contributed by atoms with Crippen molar-refractivity contribution in [3.05, 3.63) is 0 Å². The van der Waals surface area contributed by atoms with Gasteiger partial charge >= 0.3 is 0 Å². The molecule has 0 aromatic heterocycles. The van der Waals surface area contributed by atoms with Gasteiger partial charge < -0.3 is 14.2 Å². The van der Waals surface area contributed by atoms with E-state index < -0.39 is 0 Å². The Labute approximate surface area is 99.5 Å². The molecule has 0 aromatic rings. The molecule has 0 aliphatic carbocycles. The van der Waals surface area contributed by atoms with Crippen LogP contribution in [0.15, 0.2) is 0 Å². The highest BCUT2D eigenvalue weighted by atomic mass is 16.9. The smallest absolute Gasteiger partial charge is 0.271 e. The zero-order valence-electron chi connectivity index (χ0n) is 10.6. The third-order valence-electron chi connectivity index (χ3n) is 2.84. The van der Waals surface area contributed by atoms with Crippen LogP contribution in [0.1, 0.15) is 58.3 Å². The van der Waals surface area contributed by atoms with Gasteiger partial charge in [-0.1, -0.05) is 51.9 Å². The lowest BCUT2D eigenvalue weighted by molar-refractivity contribution is -0.229. The van der Waals surface area contributed by atoms with Gasteiger partial charge in [-0.05, 0) is 6.42 Å². The minimum absolute atomic E-state index is 0.385. The molecule has 0 bridgehead atoms. The van der Waals surface area contributed by atoms with Crippen molar-refractivity contribution in [2.45, 2.75) is 64.8 Å². The molecule has 0 aromatic carbocycles. The molecule has 3 heteroatoms. The molecule has 1 saturated heterocycles. The molecule has 0 amide bonds. The third kappa shape index (κ3) is 7.20. The fraction of sp³-hybridized carbons (Fsp3) is 1.00. The molecule has 0 N–H and O–H groups in total. The fourth-order valence-corrected chi connectivity index (χ4v) is 1.85. The van der Waals surface area contributed by atoms with Crippen LogP contribution in [0.3, 0.4) is 0 Å². The highest BCUT2D eigenvalue weighted by Crippen LogP contribution is 2.10. The minimum atomic E-state index is -0.385. The highest BCUT2D eigenvalue weighted by Gasteiger charge is 2.15. The summed E-state index contributed by atoms with van der Waals surface area (Å²) in [5.74, 6) is 0. The lowest BCUT2D eigenvalue weighted by Crippen LogP contribution is -2.13. The van der Waals surface area contributed by atoms with Crippen LogP contribution in [0, 0.1) is 0 Å². The van der Waals surface area contributed by atoms with Crippen molar-refractivity contribution >= 4 is 0 Å². The first kappa shape index (κ1) is 13.9.